The molecule has 6 rings (SSSR count). The summed E-state index contributed by atoms with van der Waals surface area (Å²) in [7, 11) is 0. The van der Waals surface area contributed by atoms with Crippen LogP contribution in [0.4, 0.5) is 0 Å². The van der Waals surface area contributed by atoms with Gasteiger partial charge in [-0.15, -0.1) is 54.1 Å². The second-order valence-corrected chi connectivity index (χ2v) is 7.71. The van der Waals surface area contributed by atoms with Crippen LogP contribution in [0.2, 0.25) is 0 Å². The fourth-order valence-electron chi connectivity index (χ4n) is 3.65. The van der Waals surface area contributed by atoms with Gasteiger partial charge in [0.2, 0.25) is 5.71 Å². The molecule has 0 saturated heterocycles. The van der Waals surface area contributed by atoms with E-state index in [1.807, 2.05) is 85.9 Å². The summed E-state index contributed by atoms with van der Waals surface area (Å²) in [6.45, 7) is 4.02. The maximum absolute atomic E-state index is 5.94. The third-order valence-electron chi connectivity index (χ3n) is 5.26. The van der Waals surface area contributed by atoms with Crippen LogP contribution in [0.15, 0.2) is 95.7 Å². The van der Waals surface area contributed by atoms with Gasteiger partial charge in [-0.2, -0.15) is 0 Å². The molecule has 4 nitrogen and oxygen atoms in total. The molecule has 0 bridgehead atoms. The van der Waals surface area contributed by atoms with Crippen molar-refractivity contribution in [2.24, 2.45) is 0 Å². The van der Waals surface area contributed by atoms with E-state index in [9.17, 15) is 0 Å². The maximum atomic E-state index is 5.94. The van der Waals surface area contributed by atoms with Crippen LogP contribution in [0, 0.1) is 26.0 Å². The van der Waals surface area contributed by atoms with Crippen LogP contribution < -0.4 is 0 Å². The fourth-order valence-corrected chi connectivity index (χ4v) is 3.65. The van der Waals surface area contributed by atoms with Gasteiger partial charge < -0.3 is 14.4 Å². The van der Waals surface area contributed by atoms with Crippen LogP contribution in [0.25, 0.3) is 44.6 Å². The quantitative estimate of drug-likeness (QED) is 0.196. The van der Waals surface area contributed by atoms with Crippen LogP contribution in [-0.4, -0.2) is 15.0 Å². The first-order valence-electron chi connectivity index (χ1n) is 10.7. The largest absolute Gasteiger partial charge is 0.486 e. The van der Waals surface area contributed by atoms with Crippen LogP contribution in [0.5, 0.6) is 0 Å². The van der Waals surface area contributed by atoms with Gasteiger partial charge in [0, 0.05) is 43.6 Å². The molecule has 0 amide bonds. The van der Waals surface area contributed by atoms with Gasteiger partial charge in [0.1, 0.15) is 0 Å². The van der Waals surface area contributed by atoms with Crippen LogP contribution in [0.3, 0.4) is 0 Å². The Bertz CT molecular complexity index is 1530. The number of fused-ring (bicyclic) bond motifs is 3. The van der Waals surface area contributed by atoms with E-state index in [-0.39, 0.29) is 20.1 Å². The standard InChI is InChI=1S/C17H11N2O.C12H10N.Ir/c1-11-8-9-13-12-5-4-6-14(15-7-2-3-10-18-15)16(12)20-17(13)19-11;1-10-7-8-13-12(9-10)11-5-3-2-4-6-11;/h2-5,7-10H,1H3;2-5,7-9H,1H3;/q2*-1;. The molecule has 0 N–H and O–H groups in total. The zero-order valence-electron chi connectivity index (χ0n) is 18.7. The molecule has 4 heterocycles. The molecule has 2 aromatic carbocycles. The molecule has 0 aliphatic carbocycles. The molecule has 0 aliphatic heterocycles. The number of furan rings is 1. The maximum Gasteiger partial charge on any atom is 0.216 e. The van der Waals surface area contributed by atoms with Crippen molar-refractivity contribution in [2.45, 2.75) is 13.8 Å². The summed E-state index contributed by atoms with van der Waals surface area (Å²) in [5, 5.41) is 2.07. The molecule has 0 fully saturated rings. The molecule has 0 unspecified atom stereocenters. The second-order valence-electron chi connectivity index (χ2n) is 7.71. The predicted molar refractivity (Wildman–Crippen MR) is 132 cm³/mol. The number of pyridine rings is 3. The Morgan fingerprint density at radius 2 is 1.59 bits per heavy atom. The van der Waals surface area contributed by atoms with E-state index in [0.29, 0.717) is 5.71 Å². The Balaban J connectivity index is 0.000000171. The van der Waals surface area contributed by atoms with Crippen molar-refractivity contribution in [3.05, 3.63) is 115 Å². The molecule has 5 heteroatoms. The van der Waals surface area contributed by atoms with Gasteiger partial charge in [-0.05, 0) is 49.5 Å². The molecule has 4 aromatic heterocycles. The fraction of sp³-hybridized carbons (Fsp3) is 0.0690. The summed E-state index contributed by atoms with van der Waals surface area (Å²) in [6.07, 6.45) is 3.60. The SMILES string of the molecule is Cc1ccc2c(n1)oc1c(-c3ccccn3)[c-]ccc12.Cc1ccnc(-c2[c-]cccc2)c1.[Ir]. The van der Waals surface area contributed by atoms with E-state index >= 15 is 0 Å². The summed E-state index contributed by atoms with van der Waals surface area (Å²) < 4.78 is 5.94. The topological polar surface area (TPSA) is 51.8 Å². The Kier molecular flexibility index (Phi) is 7.27. The van der Waals surface area contributed by atoms with E-state index in [1.54, 1.807) is 6.20 Å². The van der Waals surface area contributed by atoms with Gasteiger partial charge in [0.05, 0.1) is 5.58 Å². The Labute approximate surface area is 212 Å². The predicted octanol–water partition coefficient (Wildman–Crippen LogP) is 7.01. The first-order chi connectivity index (χ1) is 16.2. The zero-order chi connectivity index (χ0) is 22.6. The number of nitrogens with zero attached hydrogens (tertiary/aromatic N) is 3. The number of rotatable bonds is 2. The van der Waals surface area contributed by atoms with Gasteiger partial charge in [-0.3, -0.25) is 0 Å². The minimum atomic E-state index is 0. The molecular formula is C29H21IrN3O-2. The van der Waals surface area contributed by atoms with Gasteiger partial charge in [0.15, 0.2) is 0 Å². The normalized spacial score (nSPS) is 10.4. The summed E-state index contributed by atoms with van der Waals surface area (Å²) in [5.41, 5.74) is 7.39. The number of hydrogen-bond donors (Lipinski definition) is 0. The first kappa shape index (κ1) is 23.5. The summed E-state index contributed by atoms with van der Waals surface area (Å²) in [6, 6.07) is 32.1. The number of aromatic nitrogens is 3. The second kappa shape index (κ2) is 10.5. The van der Waals surface area contributed by atoms with Crippen LogP contribution >= 0.6 is 0 Å². The smallest absolute Gasteiger partial charge is 0.216 e. The molecule has 1 radical (unpaired) electrons. The van der Waals surface area contributed by atoms with E-state index in [1.165, 1.54) is 5.56 Å². The molecule has 0 spiro atoms. The van der Waals surface area contributed by atoms with E-state index in [2.05, 4.69) is 40.1 Å². The van der Waals surface area contributed by atoms with Gasteiger partial charge in [-0.25, -0.2) is 4.98 Å². The molecule has 169 valence electrons. The third-order valence-corrected chi connectivity index (χ3v) is 5.26. The average molecular weight is 620 g/mol. The van der Waals surface area contributed by atoms with Gasteiger partial charge >= 0.3 is 0 Å². The summed E-state index contributed by atoms with van der Waals surface area (Å²) in [4.78, 5) is 13.1. The molecule has 34 heavy (non-hydrogen) atoms. The first-order valence-corrected chi connectivity index (χ1v) is 10.7. The average Bonchev–Trinajstić information content (AvgIpc) is 3.23. The van der Waals surface area contributed by atoms with Gasteiger partial charge in [-0.1, -0.05) is 34.7 Å². The third kappa shape index (κ3) is 4.96. The van der Waals surface area contributed by atoms with E-state index in [4.69, 9.17) is 4.42 Å². The number of benzene rings is 2. The molecule has 6 aromatic rings. The summed E-state index contributed by atoms with van der Waals surface area (Å²) in [5.74, 6) is 0. The van der Waals surface area contributed by atoms with Crippen molar-refractivity contribution in [1.29, 1.82) is 0 Å². The zero-order valence-corrected chi connectivity index (χ0v) is 21.1. The van der Waals surface area contributed by atoms with Crippen molar-refractivity contribution in [1.82, 2.24) is 15.0 Å². The minimum absolute atomic E-state index is 0. The Morgan fingerprint density at radius 3 is 2.35 bits per heavy atom. The van der Waals surface area contributed by atoms with E-state index in [0.717, 1.165) is 44.6 Å². The Hall–Kier alpha value is -3.66. The molecule has 0 saturated carbocycles. The number of hydrogen-bond acceptors (Lipinski definition) is 4. The monoisotopic (exact) mass is 620 g/mol. The molecule has 0 aliphatic rings. The van der Waals surface area contributed by atoms with Crippen molar-refractivity contribution >= 4 is 22.1 Å². The van der Waals surface area contributed by atoms with Crippen molar-refractivity contribution in [2.75, 3.05) is 0 Å². The molecule has 0 atom stereocenters. The van der Waals surface area contributed by atoms with Crippen LogP contribution in [0.1, 0.15) is 11.3 Å². The van der Waals surface area contributed by atoms with Crippen molar-refractivity contribution < 1.29 is 24.5 Å². The van der Waals surface area contributed by atoms with Crippen molar-refractivity contribution in [3.8, 4) is 22.5 Å². The number of aryl methyl sites for hydroxylation is 2. The van der Waals surface area contributed by atoms with Crippen LogP contribution in [-0.2, 0) is 20.1 Å². The summed E-state index contributed by atoms with van der Waals surface area (Å²) >= 11 is 0. The van der Waals surface area contributed by atoms with Gasteiger partial charge in [0.25, 0.3) is 0 Å². The van der Waals surface area contributed by atoms with Crippen molar-refractivity contribution in [3.63, 3.8) is 0 Å². The molecular weight excluding hydrogens is 599 g/mol. The van der Waals surface area contributed by atoms with E-state index < -0.39 is 0 Å². The Morgan fingerprint density at radius 1 is 0.735 bits per heavy atom. The minimum Gasteiger partial charge on any atom is -0.486 e.